The zero-order chi connectivity index (χ0) is 27.9. The van der Waals surface area contributed by atoms with E-state index in [0.29, 0.717) is 24.3 Å². The smallest absolute Gasteiger partial charge is 0.227 e. The number of amides is 1. The molecule has 4 rings (SSSR count). The Bertz CT molecular complexity index is 1470. The first kappa shape index (κ1) is 27.4. The maximum atomic E-state index is 13.2. The zero-order valence-corrected chi connectivity index (χ0v) is 22.0. The molecule has 1 amide bonds. The van der Waals surface area contributed by atoms with Crippen LogP contribution in [0.5, 0.6) is 23.0 Å². The van der Waals surface area contributed by atoms with Gasteiger partial charge in [-0.1, -0.05) is 24.3 Å². The second kappa shape index (κ2) is 12.3. The molecule has 0 aliphatic heterocycles. The highest BCUT2D eigenvalue weighted by Crippen LogP contribution is 2.37. The molecular weight excluding hydrogens is 502 g/mol. The molecule has 0 fully saturated rings. The minimum Gasteiger partial charge on any atom is -0.504 e. The Morgan fingerprint density at radius 1 is 0.974 bits per heavy atom. The molecule has 204 valence electrons. The number of aromatic hydroxyl groups is 2. The number of nitrogens with one attached hydrogen (secondary N) is 1. The lowest BCUT2D eigenvalue weighted by Crippen LogP contribution is -2.28. The first-order chi connectivity index (χ1) is 18.8. The Labute approximate surface area is 225 Å². The molecule has 0 bridgehead atoms. The number of rotatable bonds is 11. The number of furan rings is 1. The van der Waals surface area contributed by atoms with Crippen LogP contribution in [0.2, 0.25) is 0 Å². The summed E-state index contributed by atoms with van der Waals surface area (Å²) in [7, 11) is 3.01. The van der Waals surface area contributed by atoms with Crippen molar-refractivity contribution < 1.29 is 33.3 Å². The van der Waals surface area contributed by atoms with Gasteiger partial charge in [0.2, 0.25) is 17.1 Å². The summed E-state index contributed by atoms with van der Waals surface area (Å²) in [6.07, 6.45) is 2.00. The molecule has 0 aliphatic carbocycles. The monoisotopic (exact) mass is 533 g/mol. The number of ether oxygens (including phenoxy) is 2. The average molecular weight is 534 g/mol. The van der Waals surface area contributed by atoms with Crippen molar-refractivity contribution in [2.75, 3.05) is 20.8 Å². The minimum absolute atomic E-state index is 0.0367. The predicted octanol–water partition coefficient (Wildman–Crippen LogP) is 4.83. The summed E-state index contributed by atoms with van der Waals surface area (Å²) in [6, 6.07) is 17.1. The molecule has 0 radical (unpaired) electrons. The second-order valence-electron chi connectivity index (χ2n) is 9.07. The van der Waals surface area contributed by atoms with Crippen molar-refractivity contribution in [2.45, 2.75) is 31.6 Å². The van der Waals surface area contributed by atoms with E-state index in [0.717, 1.165) is 17.1 Å². The van der Waals surface area contributed by atoms with Gasteiger partial charge in [0.15, 0.2) is 17.3 Å². The molecule has 2 atom stereocenters. The van der Waals surface area contributed by atoms with Crippen molar-refractivity contribution in [3.63, 3.8) is 0 Å². The molecule has 9 heteroatoms. The summed E-state index contributed by atoms with van der Waals surface area (Å²) in [5.41, 5.74) is 0.846. The van der Waals surface area contributed by atoms with Crippen LogP contribution in [-0.2, 0) is 4.79 Å². The maximum absolute atomic E-state index is 13.2. The van der Waals surface area contributed by atoms with Crippen LogP contribution < -0.4 is 20.2 Å². The van der Waals surface area contributed by atoms with Crippen molar-refractivity contribution in [1.82, 2.24) is 5.32 Å². The largest absolute Gasteiger partial charge is 0.504 e. The number of phenolic OH excluding ortho intramolecular Hbond substituents is 1. The SMILES string of the molecule is COc1cc([C@H](CC(=O)NCC[C@@H](c2ccco2)c2ccccc2OC)c2oc(C)cc(=O)c2O)ccc1O. The number of para-hydroxylation sites is 1. The first-order valence-corrected chi connectivity index (χ1v) is 12.5. The summed E-state index contributed by atoms with van der Waals surface area (Å²) in [6.45, 7) is 1.91. The Kier molecular flexibility index (Phi) is 8.60. The molecule has 0 unspecified atom stereocenters. The van der Waals surface area contributed by atoms with Crippen molar-refractivity contribution in [3.05, 3.63) is 106 Å². The van der Waals surface area contributed by atoms with Gasteiger partial charge in [-0.15, -0.1) is 0 Å². The Hall–Kier alpha value is -4.66. The van der Waals surface area contributed by atoms with E-state index >= 15 is 0 Å². The van der Waals surface area contributed by atoms with Crippen LogP contribution in [-0.4, -0.2) is 36.9 Å². The maximum Gasteiger partial charge on any atom is 0.227 e. The van der Waals surface area contributed by atoms with Gasteiger partial charge < -0.3 is 33.8 Å². The zero-order valence-electron chi connectivity index (χ0n) is 22.0. The van der Waals surface area contributed by atoms with E-state index in [2.05, 4.69) is 5.32 Å². The highest BCUT2D eigenvalue weighted by atomic mass is 16.5. The van der Waals surface area contributed by atoms with Gasteiger partial charge in [0, 0.05) is 30.5 Å². The van der Waals surface area contributed by atoms with Crippen molar-refractivity contribution in [1.29, 1.82) is 0 Å². The van der Waals surface area contributed by atoms with Gasteiger partial charge in [-0.05, 0) is 49.2 Å². The molecule has 2 aromatic carbocycles. The topological polar surface area (TPSA) is 131 Å². The van der Waals surface area contributed by atoms with Crippen LogP contribution >= 0.6 is 0 Å². The fourth-order valence-corrected chi connectivity index (χ4v) is 4.64. The third kappa shape index (κ3) is 6.26. The average Bonchev–Trinajstić information content (AvgIpc) is 3.47. The molecule has 0 spiro atoms. The molecule has 9 nitrogen and oxygen atoms in total. The van der Waals surface area contributed by atoms with Gasteiger partial charge in [-0.25, -0.2) is 0 Å². The third-order valence-electron chi connectivity index (χ3n) is 6.54. The van der Waals surface area contributed by atoms with Crippen molar-refractivity contribution >= 4 is 5.91 Å². The lowest BCUT2D eigenvalue weighted by atomic mass is 9.91. The van der Waals surface area contributed by atoms with Crippen LogP contribution in [0.4, 0.5) is 0 Å². The number of carbonyl (C=O) groups is 1. The summed E-state index contributed by atoms with van der Waals surface area (Å²) in [4.78, 5) is 25.5. The molecule has 4 aromatic rings. The van der Waals surface area contributed by atoms with E-state index in [1.54, 1.807) is 32.4 Å². The van der Waals surface area contributed by atoms with Crippen LogP contribution in [0.3, 0.4) is 0 Å². The van der Waals surface area contributed by atoms with Gasteiger partial charge in [-0.3, -0.25) is 9.59 Å². The number of phenols is 1. The number of hydrogen-bond acceptors (Lipinski definition) is 8. The first-order valence-electron chi connectivity index (χ1n) is 12.5. The van der Waals surface area contributed by atoms with Crippen LogP contribution in [0.15, 0.2) is 80.6 Å². The standard InChI is InChI=1S/C30H31NO8/c1-18-15-24(33)29(35)30(39-18)22(19-10-11-23(32)27(16-19)37-3)17-28(34)31-13-12-21(26-9-6-14-38-26)20-7-4-5-8-25(20)36-2/h4-11,14-16,21-22,32,35H,12-13,17H2,1-3H3,(H,31,34)/t21-,22+/m1/s1. The highest BCUT2D eigenvalue weighted by molar-refractivity contribution is 5.77. The lowest BCUT2D eigenvalue weighted by molar-refractivity contribution is -0.121. The van der Waals surface area contributed by atoms with Gasteiger partial charge in [0.05, 0.1) is 26.4 Å². The Morgan fingerprint density at radius 3 is 2.46 bits per heavy atom. The fraction of sp³-hybridized carbons (Fsp3) is 0.267. The quantitative estimate of drug-likeness (QED) is 0.250. The lowest BCUT2D eigenvalue weighted by Gasteiger charge is -2.20. The molecule has 2 heterocycles. The van der Waals surface area contributed by atoms with Gasteiger partial charge in [0.1, 0.15) is 17.3 Å². The van der Waals surface area contributed by atoms with E-state index in [1.165, 1.54) is 19.2 Å². The second-order valence-corrected chi connectivity index (χ2v) is 9.07. The summed E-state index contributed by atoms with van der Waals surface area (Å²) in [5.74, 6) is -0.0497. The van der Waals surface area contributed by atoms with Gasteiger partial charge >= 0.3 is 0 Å². The summed E-state index contributed by atoms with van der Waals surface area (Å²) < 4.78 is 22.2. The molecular formula is C30H31NO8. The predicted molar refractivity (Wildman–Crippen MR) is 144 cm³/mol. The molecule has 3 N–H and O–H groups in total. The number of aryl methyl sites for hydroxylation is 1. The number of carbonyl (C=O) groups excluding carboxylic acids is 1. The fourth-order valence-electron chi connectivity index (χ4n) is 4.64. The molecule has 39 heavy (non-hydrogen) atoms. The Balaban J connectivity index is 1.56. The van der Waals surface area contributed by atoms with Gasteiger partial charge in [0.25, 0.3) is 0 Å². The Morgan fingerprint density at radius 2 is 1.74 bits per heavy atom. The van der Waals surface area contributed by atoms with Crippen LogP contribution in [0.25, 0.3) is 0 Å². The van der Waals surface area contributed by atoms with E-state index in [4.69, 9.17) is 18.3 Å². The van der Waals surface area contributed by atoms with E-state index in [-0.39, 0.29) is 35.5 Å². The van der Waals surface area contributed by atoms with E-state index in [9.17, 15) is 19.8 Å². The van der Waals surface area contributed by atoms with Gasteiger partial charge in [-0.2, -0.15) is 0 Å². The molecule has 0 saturated heterocycles. The van der Waals surface area contributed by atoms with Crippen LogP contribution in [0, 0.1) is 6.92 Å². The van der Waals surface area contributed by atoms with E-state index < -0.39 is 17.1 Å². The third-order valence-corrected chi connectivity index (χ3v) is 6.54. The number of methoxy groups -OCH3 is 2. The minimum atomic E-state index is -0.817. The molecule has 0 saturated carbocycles. The normalized spacial score (nSPS) is 12.5. The number of hydrogen-bond donors (Lipinski definition) is 3. The highest BCUT2D eigenvalue weighted by Gasteiger charge is 2.27. The van der Waals surface area contributed by atoms with Crippen LogP contribution in [0.1, 0.15) is 53.1 Å². The van der Waals surface area contributed by atoms with E-state index in [1.807, 2.05) is 36.4 Å². The summed E-state index contributed by atoms with van der Waals surface area (Å²) in [5, 5.41) is 23.5. The molecule has 2 aromatic heterocycles. The number of benzene rings is 2. The van der Waals surface area contributed by atoms with Crippen molar-refractivity contribution in [3.8, 4) is 23.0 Å². The van der Waals surface area contributed by atoms with Crippen molar-refractivity contribution in [2.24, 2.45) is 0 Å². The summed E-state index contributed by atoms with van der Waals surface area (Å²) >= 11 is 0. The molecule has 0 aliphatic rings.